The minimum atomic E-state index is -2.42. The lowest BCUT2D eigenvalue weighted by Crippen LogP contribution is -2.45. The van der Waals surface area contributed by atoms with Crippen LogP contribution in [0.3, 0.4) is 0 Å². The van der Waals surface area contributed by atoms with Gasteiger partial charge in [-0.3, -0.25) is 0 Å². The number of ether oxygens (including phenoxy) is 1. The van der Waals surface area contributed by atoms with E-state index in [1.165, 1.54) is 44.9 Å². The molecule has 0 spiro atoms. The molecule has 0 aliphatic rings. The summed E-state index contributed by atoms with van der Waals surface area (Å²) in [6.45, 7) is 15.5. The van der Waals surface area contributed by atoms with Crippen molar-refractivity contribution in [2.45, 2.75) is 85.1 Å². The van der Waals surface area contributed by atoms with Gasteiger partial charge in [0.05, 0.1) is 6.61 Å². The number of rotatable bonds is 19. The summed E-state index contributed by atoms with van der Waals surface area (Å²) >= 11 is 0. The number of hydrogen-bond donors (Lipinski definition) is 0. The average Bonchev–Trinajstić information content (AvgIpc) is 2.56. The fourth-order valence-electron chi connectivity index (χ4n) is 2.85. The molecular formula is C20H42O4Si. The third-order valence-corrected chi connectivity index (χ3v) is 7.11. The molecule has 0 amide bonds. The lowest BCUT2D eigenvalue weighted by molar-refractivity contribution is 0.0706. The van der Waals surface area contributed by atoms with Crippen molar-refractivity contribution in [2.75, 3.05) is 33.0 Å². The Balaban J connectivity index is 3.61. The van der Waals surface area contributed by atoms with Gasteiger partial charge in [0.2, 0.25) is 0 Å². The molecule has 5 heteroatoms. The Morgan fingerprint density at radius 1 is 0.720 bits per heavy atom. The quantitative estimate of drug-likeness (QED) is 0.164. The largest absolute Gasteiger partial charge is 0.500 e. The molecule has 0 atom stereocenters. The lowest BCUT2D eigenvalue weighted by atomic mass is 10.1. The zero-order valence-electron chi connectivity index (χ0n) is 17.2. The Kier molecular flexibility index (Phi) is 17.1. The van der Waals surface area contributed by atoms with Gasteiger partial charge in [-0.25, -0.2) is 0 Å². The summed E-state index contributed by atoms with van der Waals surface area (Å²) in [5.41, 5.74) is 1.10. The maximum atomic E-state index is 5.89. The van der Waals surface area contributed by atoms with Crippen LogP contribution in [0.25, 0.3) is 0 Å². The van der Waals surface area contributed by atoms with E-state index in [9.17, 15) is 0 Å². The molecule has 25 heavy (non-hydrogen) atoms. The Morgan fingerprint density at radius 2 is 1.16 bits per heavy atom. The van der Waals surface area contributed by atoms with Gasteiger partial charge in [-0.05, 0) is 40.5 Å². The van der Waals surface area contributed by atoms with E-state index in [2.05, 4.69) is 6.58 Å². The van der Waals surface area contributed by atoms with E-state index in [-0.39, 0.29) is 0 Å². The molecule has 4 nitrogen and oxygen atoms in total. The van der Waals surface area contributed by atoms with E-state index in [0.717, 1.165) is 24.6 Å². The van der Waals surface area contributed by atoms with E-state index in [1.54, 1.807) is 0 Å². The highest BCUT2D eigenvalue weighted by Gasteiger charge is 2.39. The van der Waals surface area contributed by atoms with Crippen molar-refractivity contribution in [3.8, 4) is 0 Å². The van der Waals surface area contributed by atoms with Gasteiger partial charge < -0.3 is 18.0 Å². The molecular weight excluding hydrogens is 332 g/mol. The van der Waals surface area contributed by atoms with Gasteiger partial charge in [0.25, 0.3) is 0 Å². The first-order valence-electron chi connectivity index (χ1n) is 10.2. The maximum absolute atomic E-state index is 5.89. The Morgan fingerprint density at radius 3 is 1.60 bits per heavy atom. The van der Waals surface area contributed by atoms with Crippen molar-refractivity contribution in [3.63, 3.8) is 0 Å². The van der Waals surface area contributed by atoms with Crippen molar-refractivity contribution in [1.82, 2.24) is 0 Å². The van der Waals surface area contributed by atoms with Gasteiger partial charge >= 0.3 is 8.80 Å². The topological polar surface area (TPSA) is 36.9 Å². The summed E-state index contributed by atoms with van der Waals surface area (Å²) < 4.78 is 23.2. The van der Waals surface area contributed by atoms with Crippen LogP contribution in [0.5, 0.6) is 0 Å². The van der Waals surface area contributed by atoms with E-state index < -0.39 is 8.80 Å². The number of hydrogen-bond acceptors (Lipinski definition) is 4. The summed E-state index contributed by atoms with van der Waals surface area (Å²) in [5.74, 6) is 0. The first-order valence-corrected chi connectivity index (χ1v) is 12.2. The SMILES string of the molecule is C=C(C)COCCCCCCCCCC[Si](OCC)(OCC)OCC. The second-order valence-corrected chi connectivity index (χ2v) is 9.30. The van der Waals surface area contributed by atoms with Gasteiger partial charge in [-0.15, -0.1) is 0 Å². The van der Waals surface area contributed by atoms with E-state index in [0.29, 0.717) is 26.4 Å². The van der Waals surface area contributed by atoms with Crippen LogP contribution in [0.2, 0.25) is 6.04 Å². The zero-order chi connectivity index (χ0) is 18.8. The maximum Gasteiger partial charge on any atom is 0.500 e. The molecule has 0 saturated heterocycles. The average molecular weight is 375 g/mol. The summed E-state index contributed by atoms with van der Waals surface area (Å²) in [7, 11) is -2.42. The minimum absolute atomic E-state index is 0.669. The first-order chi connectivity index (χ1) is 12.1. The van der Waals surface area contributed by atoms with Crippen molar-refractivity contribution in [3.05, 3.63) is 12.2 Å². The predicted molar refractivity (Wildman–Crippen MR) is 108 cm³/mol. The van der Waals surface area contributed by atoms with Crippen LogP contribution in [0.15, 0.2) is 12.2 Å². The molecule has 0 saturated carbocycles. The van der Waals surface area contributed by atoms with Crippen molar-refractivity contribution >= 4 is 8.80 Å². The van der Waals surface area contributed by atoms with Crippen LogP contribution in [0.1, 0.15) is 79.1 Å². The van der Waals surface area contributed by atoms with Crippen molar-refractivity contribution in [2.24, 2.45) is 0 Å². The Bertz CT molecular complexity index is 293. The molecule has 0 aromatic heterocycles. The molecule has 0 unspecified atom stereocenters. The summed E-state index contributed by atoms with van der Waals surface area (Å²) in [6, 6.07) is 0.947. The van der Waals surface area contributed by atoms with Crippen LogP contribution in [0, 0.1) is 0 Å². The summed E-state index contributed by atoms with van der Waals surface area (Å²) in [4.78, 5) is 0. The van der Waals surface area contributed by atoms with Crippen LogP contribution in [0.4, 0.5) is 0 Å². The van der Waals surface area contributed by atoms with Gasteiger partial charge in [0, 0.05) is 32.5 Å². The molecule has 0 bridgehead atoms. The summed E-state index contributed by atoms with van der Waals surface area (Å²) in [6.07, 6.45) is 10.1. The van der Waals surface area contributed by atoms with Crippen molar-refractivity contribution < 1.29 is 18.0 Å². The molecule has 0 aromatic rings. The van der Waals surface area contributed by atoms with E-state index in [4.69, 9.17) is 18.0 Å². The highest BCUT2D eigenvalue weighted by atomic mass is 28.4. The van der Waals surface area contributed by atoms with Gasteiger partial charge in [0.15, 0.2) is 0 Å². The molecule has 150 valence electrons. The molecule has 0 rings (SSSR count). The smallest absolute Gasteiger partial charge is 0.377 e. The molecule has 0 N–H and O–H groups in total. The van der Waals surface area contributed by atoms with E-state index in [1.807, 2.05) is 27.7 Å². The van der Waals surface area contributed by atoms with Crippen LogP contribution in [-0.2, 0) is 18.0 Å². The van der Waals surface area contributed by atoms with Crippen LogP contribution < -0.4 is 0 Å². The van der Waals surface area contributed by atoms with Crippen molar-refractivity contribution in [1.29, 1.82) is 0 Å². The second-order valence-electron chi connectivity index (χ2n) is 6.57. The molecule has 0 aromatic carbocycles. The molecule has 0 aliphatic carbocycles. The Hall–Kier alpha value is -0.203. The highest BCUT2D eigenvalue weighted by Crippen LogP contribution is 2.20. The third kappa shape index (κ3) is 14.6. The van der Waals surface area contributed by atoms with E-state index >= 15 is 0 Å². The standard InChI is InChI=1S/C20H42O4Si/c1-6-22-25(23-7-2,24-8-3)18-16-14-12-10-9-11-13-15-17-21-19-20(4)5/h4,6-19H2,1-3,5H3. The van der Waals surface area contributed by atoms with Gasteiger partial charge in [0.1, 0.15) is 0 Å². The van der Waals surface area contributed by atoms with Gasteiger partial charge in [-0.1, -0.05) is 50.7 Å². The molecule has 0 heterocycles. The highest BCUT2D eigenvalue weighted by molar-refractivity contribution is 6.60. The predicted octanol–water partition coefficient (Wildman–Crippen LogP) is 5.75. The molecule has 0 fully saturated rings. The van der Waals surface area contributed by atoms with Crippen LogP contribution >= 0.6 is 0 Å². The first kappa shape index (κ1) is 24.8. The summed E-state index contributed by atoms with van der Waals surface area (Å²) in [5, 5.41) is 0. The van der Waals surface area contributed by atoms with Gasteiger partial charge in [-0.2, -0.15) is 0 Å². The number of unbranched alkanes of at least 4 members (excludes halogenated alkanes) is 7. The monoisotopic (exact) mass is 374 g/mol. The Labute approximate surface area is 157 Å². The molecule has 0 aliphatic heterocycles. The fourth-order valence-corrected chi connectivity index (χ4v) is 5.54. The normalized spacial score (nSPS) is 11.8. The second kappa shape index (κ2) is 17.2. The lowest BCUT2D eigenvalue weighted by Gasteiger charge is -2.28. The third-order valence-electron chi connectivity index (χ3n) is 3.96. The molecule has 0 radical (unpaired) electrons. The van der Waals surface area contributed by atoms with Crippen LogP contribution in [-0.4, -0.2) is 41.8 Å². The minimum Gasteiger partial charge on any atom is -0.377 e. The fraction of sp³-hybridized carbons (Fsp3) is 0.900. The zero-order valence-corrected chi connectivity index (χ0v) is 18.2.